The molecule has 1 fully saturated rings. The van der Waals surface area contributed by atoms with Crippen LogP contribution in [-0.4, -0.2) is 18.3 Å². The van der Waals surface area contributed by atoms with Crippen LogP contribution in [0.25, 0.3) is 6.08 Å². The molecule has 2 heteroatoms. The second-order valence-electron chi connectivity index (χ2n) is 5.11. The molecule has 2 aromatic carbocycles. The summed E-state index contributed by atoms with van der Waals surface area (Å²) in [6.07, 6.45) is 2.83. The third-order valence-corrected chi connectivity index (χ3v) is 3.75. The van der Waals surface area contributed by atoms with Crippen molar-refractivity contribution in [2.45, 2.75) is 12.0 Å². The normalized spacial score (nSPS) is 24.8. The summed E-state index contributed by atoms with van der Waals surface area (Å²) in [6, 6.07) is 19.9. The second kappa shape index (κ2) is 5.61. The second-order valence-corrected chi connectivity index (χ2v) is 5.11. The first kappa shape index (κ1) is 13.1. The van der Waals surface area contributed by atoms with Crippen molar-refractivity contribution in [1.82, 2.24) is 0 Å². The minimum Gasteiger partial charge on any atom is -0.378 e. The zero-order valence-electron chi connectivity index (χ0n) is 11.3. The zero-order chi connectivity index (χ0) is 13.8. The highest BCUT2D eigenvalue weighted by atomic mass is 16.5. The Morgan fingerprint density at radius 2 is 1.60 bits per heavy atom. The van der Waals surface area contributed by atoms with E-state index in [9.17, 15) is 5.11 Å². The molecule has 1 atom stereocenters. The zero-order valence-corrected chi connectivity index (χ0v) is 11.3. The molecule has 0 bridgehead atoms. The number of hydrogen-bond donors (Lipinski definition) is 1. The summed E-state index contributed by atoms with van der Waals surface area (Å²) in [5.74, 6) is 0. The summed E-state index contributed by atoms with van der Waals surface area (Å²) in [5.41, 5.74) is 2.00. The Labute approximate surface area is 119 Å². The van der Waals surface area contributed by atoms with Crippen LogP contribution in [0.1, 0.15) is 17.5 Å². The molecule has 0 amide bonds. The lowest BCUT2D eigenvalue weighted by atomic mass is 9.82. The average Bonchev–Trinajstić information content (AvgIpc) is 2.52. The van der Waals surface area contributed by atoms with Crippen LogP contribution in [0, 0.1) is 0 Å². The fraction of sp³-hybridized carbons (Fsp3) is 0.222. The van der Waals surface area contributed by atoms with Gasteiger partial charge in [0.2, 0.25) is 0 Å². The van der Waals surface area contributed by atoms with Gasteiger partial charge >= 0.3 is 0 Å². The summed E-state index contributed by atoms with van der Waals surface area (Å²) in [6.45, 7) is 0.976. The molecule has 2 aromatic rings. The first-order valence-electron chi connectivity index (χ1n) is 6.91. The highest BCUT2D eigenvalue weighted by Crippen LogP contribution is 2.36. The van der Waals surface area contributed by atoms with Crippen molar-refractivity contribution in [1.29, 1.82) is 0 Å². The molecule has 1 aliphatic rings. The van der Waals surface area contributed by atoms with Gasteiger partial charge in [-0.3, -0.25) is 0 Å². The molecule has 1 saturated heterocycles. The summed E-state index contributed by atoms with van der Waals surface area (Å²) in [4.78, 5) is 0. The maximum atomic E-state index is 11.1. The van der Waals surface area contributed by atoms with Gasteiger partial charge in [-0.15, -0.1) is 0 Å². The average molecular weight is 266 g/mol. The molecule has 0 aliphatic carbocycles. The lowest BCUT2D eigenvalue weighted by Crippen LogP contribution is -2.38. The third kappa shape index (κ3) is 2.53. The molecule has 0 radical (unpaired) electrons. The van der Waals surface area contributed by atoms with Gasteiger partial charge in [0.1, 0.15) is 5.60 Å². The maximum absolute atomic E-state index is 11.1. The smallest absolute Gasteiger partial charge is 0.134 e. The first-order valence-corrected chi connectivity index (χ1v) is 6.91. The molecule has 1 heterocycles. The van der Waals surface area contributed by atoms with Gasteiger partial charge in [0.05, 0.1) is 13.2 Å². The van der Waals surface area contributed by atoms with E-state index in [0.29, 0.717) is 13.2 Å². The molecule has 1 N–H and O–H groups in total. The summed E-state index contributed by atoms with van der Waals surface area (Å²) in [5, 5.41) is 11.1. The molecule has 0 unspecified atom stereocenters. The minimum absolute atomic E-state index is 0.315. The maximum Gasteiger partial charge on any atom is 0.134 e. The Bertz CT molecular complexity index is 589. The fourth-order valence-electron chi connectivity index (χ4n) is 2.63. The molecule has 1 aliphatic heterocycles. The number of benzene rings is 2. The van der Waals surface area contributed by atoms with Gasteiger partial charge in [0, 0.05) is 0 Å². The van der Waals surface area contributed by atoms with Gasteiger partial charge in [0.25, 0.3) is 0 Å². The van der Waals surface area contributed by atoms with E-state index in [-0.39, 0.29) is 0 Å². The van der Waals surface area contributed by atoms with E-state index in [1.54, 1.807) is 0 Å². The van der Waals surface area contributed by atoms with Crippen molar-refractivity contribution in [3.63, 3.8) is 0 Å². The monoisotopic (exact) mass is 266 g/mol. The van der Waals surface area contributed by atoms with Gasteiger partial charge in [-0.2, -0.15) is 0 Å². The largest absolute Gasteiger partial charge is 0.378 e. The highest BCUT2D eigenvalue weighted by Gasteiger charge is 2.36. The molecule has 3 rings (SSSR count). The van der Waals surface area contributed by atoms with Crippen LogP contribution >= 0.6 is 0 Å². The molecule has 0 aromatic heterocycles. The Kier molecular flexibility index (Phi) is 3.68. The number of aliphatic hydroxyl groups is 1. The fourth-order valence-corrected chi connectivity index (χ4v) is 2.63. The summed E-state index contributed by atoms with van der Waals surface area (Å²) in [7, 11) is 0. The lowest BCUT2D eigenvalue weighted by molar-refractivity contribution is -0.0502. The minimum atomic E-state index is -1.02. The Morgan fingerprint density at radius 3 is 2.30 bits per heavy atom. The lowest BCUT2D eigenvalue weighted by Gasteiger charge is -2.35. The SMILES string of the molecule is O[C@]1(c2ccccc2)COCC/C1=C\c1ccccc1. The van der Waals surface area contributed by atoms with Gasteiger partial charge < -0.3 is 9.84 Å². The van der Waals surface area contributed by atoms with E-state index in [1.807, 2.05) is 60.7 Å². The number of ether oxygens (including phenoxy) is 1. The van der Waals surface area contributed by atoms with Gasteiger partial charge in [-0.1, -0.05) is 66.7 Å². The van der Waals surface area contributed by atoms with Crippen LogP contribution in [0.4, 0.5) is 0 Å². The van der Waals surface area contributed by atoms with Crippen molar-refractivity contribution >= 4 is 6.08 Å². The highest BCUT2D eigenvalue weighted by molar-refractivity contribution is 5.56. The third-order valence-electron chi connectivity index (χ3n) is 3.75. The van der Waals surface area contributed by atoms with Crippen molar-refractivity contribution in [2.24, 2.45) is 0 Å². The van der Waals surface area contributed by atoms with Gasteiger partial charge in [-0.05, 0) is 23.1 Å². The van der Waals surface area contributed by atoms with Crippen LogP contribution in [0.5, 0.6) is 0 Å². The predicted molar refractivity (Wildman–Crippen MR) is 80.2 cm³/mol. The van der Waals surface area contributed by atoms with Crippen LogP contribution in [0.3, 0.4) is 0 Å². The first-order chi connectivity index (χ1) is 9.79. The number of hydrogen-bond acceptors (Lipinski definition) is 2. The number of rotatable bonds is 2. The van der Waals surface area contributed by atoms with Crippen molar-refractivity contribution in [3.8, 4) is 0 Å². The Hall–Kier alpha value is -1.90. The standard InChI is InChI=1S/C18H18O2/c19-18(16-9-5-2-6-10-16)14-20-12-11-17(18)13-15-7-3-1-4-8-15/h1-10,13,19H,11-12,14H2/b17-13+/t18-/m0/s1. The summed E-state index contributed by atoms with van der Waals surface area (Å²) < 4.78 is 5.52. The van der Waals surface area contributed by atoms with Crippen molar-refractivity contribution in [3.05, 3.63) is 77.4 Å². The Morgan fingerprint density at radius 1 is 0.950 bits per heavy atom. The van der Waals surface area contributed by atoms with Gasteiger partial charge in [0.15, 0.2) is 0 Å². The summed E-state index contributed by atoms with van der Waals surface area (Å²) >= 11 is 0. The molecule has 0 spiro atoms. The van der Waals surface area contributed by atoms with Crippen LogP contribution in [0.2, 0.25) is 0 Å². The molecular formula is C18H18O2. The van der Waals surface area contributed by atoms with E-state index in [2.05, 4.69) is 6.08 Å². The van der Waals surface area contributed by atoms with E-state index >= 15 is 0 Å². The van der Waals surface area contributed by atoms with E-state index in [1.165, 1.54) is 0 Å². The quantitative estimate of drug-likeness (QED) is 0.903. The molecular weight excluding hydrogens is 248 g/mol. The van der Waals surface area contributed by atoms with Gasteiger partial charge in [-0.25, -0.2) is 0 Å². The molecule has 102 valence electrons. The van der Waals surface area contributed by atoms with Crippen LogP contribution < -0.4 is 0 Å². The molecule has 2 nitrogen and oxygen atoms in total. The molecule has 0 saturated carbocycles. The van der Waals surface area contributed by atoms with E-state index in [0.717, 1.165) is 23.1 Å². The Balaban J connectivity index is 2.01. The van der Waals surface area contributed by atoms with Crippen LogP contribution in [-0.2, 0) is 10.3 Å². The van der Waals surface area contributed by atoms with Crippen molar-refractivity contribution in [2.75, 3.05) is 13.2 Å². The topological polar surface area (TPSA) is 29.5 Å². The van der Waals surface area contributed by atoms with E-state index < -0.39 is 5.60 Å². The molecule has 20 heavy (non-hydrogen) atoms. The van der Waals surface area contributed by atoms with Crippen molar-refractivity contribution < 1.29 is 9.84 Å². The van der Waals surface area contributed by atoms with E-state index in [4.69, 9.17) is 4.74 Å². The van der Waals surface area contributed by atoms with Crippen LogP contribution in [0.15, 0.2) is 66.2 Å². The predicted octanol–water partition coefficient (Wildman–Crippen LogP) is 3.38.